The highest BCUT2D eigenvalue weighted by Gasteiger charge is 2.05. The highest BCUT2D eigenvalue weighted by molar-refractivity contribution is 8.00. The lowest BCUT2D eigenvalue weighted by Crippen LogP contribution is -2.14. The van der Waals surface area contributed by atoms with Crippen molar-refractivity contribution in [2.24, 2.45) is 0 Å². The van der Waals surface area contributed by atoms with E-state index in [-0.39, 0.29) is 11.7 Å². The number of benzene rings is 2. The molecule has 0 atom stereocenters. The Morgan fingerprint density at radius 2 is 1.95 bits per heavy atom. The van der Waals surface area contributed by atoms with Gasteiger partial charge in [0.25, 0.3) is 0 Å². The summed E-state index contributed by atoms with van der Waals surface area (Å²) in [5, 5.41) is 2.68. The highest BCUT2D eigenvalue weighted by Crippen LogP contribution is 2.21. The van der Waals surface area contributed by atoms with Crippen molar-refractivity contribution in [1.82, 2.24) is 0 Å². The van der Waals surface area contributed by atoms with Crippen LogP contribution < -0.4 is 5.32 Å². The quantitative estimate of drug-likeness (QED) is 0.856. The fourth-order valence-corrected chi connectivity index (χ4v) is 2.51. The normalized spacial score (nSPS) is 10.3. The van der Waals surface area contributed by atoms with Gasteiger partial charge in [0, 0.05) is 10.6 Å². The van der Waals surface area contributed by atoms with E-state index in [9.17, 15) is 9.18 Å². The van der Waals surface area contributed by atoms with Crippen LogP contribution >= 0.6 is 11.8 Å². The molecule has 2 nitrogen and oxygen atoms in total. The molecule has 4 heteroatoms. The van der Waals surface area contributed by atoms with Gasteiger partial charge < -0.3 is 5.32 Å². The maximum atomic E-state index is 13.0. The first-order valence-electron chi connectivity index (χ1n) is 6.30. The van der Waals surface area contributed by atoms with Crippen molar-refractivity contribution in [2.75, 3.05) is 11.1 Å². The number of amides is 1. The molecule has 0 radical (unpaired) electrons. The zero-order chi connectivity index (χ0) is 14.5. The lowest BCUT2D eigenvalue weighted by atomic mass is 10.1. The van der Waals surface area contributed by atoms with Gasteiger partial charge in [-0.25, -0.2) is 4.39 Å². The van der Waals surface area contributed by atoms with Crippen LogP contribution in [0.25, 0.3) is 0 Å². The standard InChI is InChI=1S/C16H16FNOS/c1-11-6-7-15(8-12(11)2)20-10-16(19)18-14-5-3-4-13(17)9-14/h3-9H,10H2,1-2H3,(H,18,19). The molecule has 0 aliphatic heterocycles. The first-order valence-corrected chi connectivity index (χ1v) is 7.28. The monoisotopic (exact) mass is 289 g/mol. The second kappa shape index (κ2) is 6.57. The largest absolute Gasteiger partial charge is 0.325 e. The van der Waals surface area contributed by atoms with Gasteiger partial charge in [0.05, 0.1) is 5.75 Å². The van der Waals surface area contributed by atoms with E-state index >= 15 is 0 Å². The molecule has 2 rings (SSSR count). The zero-order valence-corrected chi connectivity index (χ0v) is 12.3. The summed E-state index contributed by atoms with van der Waals surface area (Å²) in [4.78, 5) is 12.9. The van der Waals surface area contributed by atoms with Crippen LogP contribution in [-0.4, -0.2) is 11.7 Å². The van der Waals surface area contributed by atoms with E-state index in [0.717, 1.165) is 4.90 Å². The van der Waals surface area contributed by atoms with Crippen molar-refractivity contribution >= 4 is 23.4 Å². The molecule has 2 aromatic carbocycles. The van der Waals surface area contributed by atoms with Gasteiger partial charge in [0.1, 0.15) is 5.82 Å². The van der Waals surface area contributed by atoms with E-state index in [4.69, 9.17) is 0 Å². The highest BCUT2D eigenvalue weighted by atomic mass is 32.2. The molecule has 20 heavy (non-hydrogen) atoms. The first kappa shape index (κ1) is 14.6. The van der Waals surface area contributed by atoms with E-state index in [1.54, 1.807) is 12.1 Å². The number of carbonyl (C=O) groups is 1. The fraction of sp³-hybridized carbons (Fsp3) is 0.188. The molecule has 0 saturated carbocycles. The minimum Gasteiger partial charge on any atom is -0.325 e. The third-order valence-corrected chi connectivity index (χ3v) is 3.95. The van der Waals surface area contributed by atoms with Crippen molar-refractivity contribution in [3.63, 3.8) is 0 Å². The minimum absolute atomic E-state index is 0.140. The van der Waals surface area contributed by atoms with Crippen molar-refractivity contribution in [2.45, 2.75) is 18.7 Å². The molecule has 0 aliphatic carbocycles. The predicted octanol–water partition coefficient (Wildman–Crippen LogP) is 4.17. The smallest absolute Gasteiger partial charge is 0.234 e. The Bertz CT molecular complexity index is 628. The molecular formula is C16H16FNOS. The third kappa shape index (κ3) is 4.10. The van der Waals surface area contributed by atoms with Crippen LogP contribution in [0.1, 0.15) is 11.1 Å². The van der Waals surface area contributed by atoms with Crippen LogP contribution in [0.2, 0.25) is 0 Å². The summed E-state index contributed by atoms with van der Waals surface area (Å²) in [6.07, 6.45) is 0. The van der Waals surface area contributed by atoms with Gasteiger partial charge in [0.15, 0.2) is 0 Å². The van der Waals surface area contributed by atoms with Crippen LogP contribution in [0.3, 0.4) is 0 Å². The molecule has 1 N–H and O–H groups in total. The molecule has 0 bridgehead atoms. The first-order chi connectivity index (χ1) is 9.54. The summed E-state index contributed by atoms with van der Waals surface area (Å²) in [7, 11) is 0. The summed E-state index contributed by atoms with van der Waals surface area (Å²) < 4.78 is 13.0. The van der Waals surface area contributed by atoms with Crippen molar-refractivity contribution in [3.8, 4) is 0 Å². The molecule has 0 heterocycles. The van der Waals surface area contributed by atoms with E-state index in [1.165, 1.54) is 35.0 Å². The summed E-state index contributed by atoms with van der Waals surface area (Å²) in [5.41, 5.74) is 2.93. The number of hydrogen-bond acceptors (Lipinski definition) is 2. The molecule has 104 valence electrons. The van der Waals surface area contributed by atoms with Crippen molar-refractivity contribution < 1.29 is 9.18 Å². The molecule has 2 aromatic rings. The summed E-state index contributed by atoms with van der Waals surface area (Å²) in [6.45, 7) is 4.10. The fourth-order valence-electron chi connectivity index (χ4n) is 1.72. The molecule has 0 unspecified atom stereocenters. The Morgan fingerprint density at radius 1 is 1.15 bits per heavy atom. The number of aryl methyl sites for hydroxylation is 2. The maximum Gasteiger partial charge on any atom is 0.234 e. The maximum absolute atomic E-state index is 13.0. The molecular weight excluding hydrogens is 273 g/mol. The lowest BCUT2D eigenvalue weighted by Gasteiger charge is -2.06. The SMILES string of the molecule is Cc1ccc(SCC(=O)Nc2cccc(F)c2)cc1C. The Hall–Kier alpha value is -1.81. The predicted molar refractivity (Wildman–Crippen MR) is 81.7 cm³/mol. The molecule has 1 amide bonds. The molecule has 0 spiro atoms. The van der Waals surface area contributed by atoms with Gasteiger partial charge >= 0.3 is 0 Å². The van der Waals surface area contributed by atoms with E-state index in [2.05, 4.69) is 18.3 Å². The molecule has 0 aliphatic rings. The second-order valence-corrected chi connectivity index (χ2v) is 5.64. The van der Waals surface area contributed by atoms with E-state index in [0.29, 0.717) is 11.4 Å². The summed E-state index contributed by atoms with van der Waals surface area (Å²) >= 11 is 1.47. The average Bonchev–Trinajstić information content (AvgIpc) is 2.40. The second-order valence-electron chi connectivity index (χ2n) is 4.59. The molecule has 0 fully saturated rings. The zero-order valence-electron chi connectivity index (χ0n) is 11.4. The Morgan fingerprint density at radius 3 is 2.65 bits per heavy atom. The molecule has 0 aromatic heterocycles. The van der Waals surface area contributed by atoms with Gasteiger partial charge in [0.2, 0.25) is 5.91 Å². The van der Waals surface area contributed by atoms with Gasteiger partial charge in [-0.3, -0.25) is 4.79 Å². The van der Waals surface area contributed by atoms with Gasteiger partial charge in [-0.15, -0.1) is 11.8 Å². The van der Waals surface area contributed by atoms with Crippen LogP contribution in [0, 0.1) is 19.7 Å². The van der Waals surface area contributed by atoms with Crippen molar-refractivity contribution in [1.29, 1.82) is 0 Å². The molecule has 0 saturated heterocycles. The summed E-state index contributed by atoms with van der Waals surface area (Å²) in [6, 6.07) is 12.0. The van der Waals surface area contributed by atoms with Crippen LogP contribution in [0.5, 0.6) is 0 Å². The van der Waals surface area contributed by atoms with Crippen LogP contribution in [0.4, 0.5) is 10.1 Å². The Kier molecular flexibility index (Phi) is 4.79. The number of anilines is 1. The van der Waals surface area contributed by atoms with Crippen LogP contribution in [-0.2, 0) is 4.79 Å². The minimum atomic E-state index is -0.357. The van der Waals surface area contributed by atoms with E-state index in [1.807, 2.05) is 19.1 Å². The number of carbonyl (C=O) groups excluding carboxylic acids is 1. The average molecular weight is 289 g/mol. The Labute approximate surface area is 122 Å². The topological polar surface area (TPSA) is 29.1 Å². The van der Waals surface area contributed by atoms with E-state index < -0.39 is 0 Å². The number of halogens is 1. The number of thioether (sulfide) groups is 1. The lowest BCUT2D eigenvalue weighted by molar-refractivity contribution is -0.113. The van der Waals surface area contributed by atoms with Gasteiger partial charge in [-0.1, -0.05) is 12.1 Å². The third-order valence-electron chi connectivity index (χ3n) is 2.96. The van der Waals surface area contributed by atoms with Gasteiger partial charge in [-0.05, 0) is 55.3 Å². The summed E-state index contributed by atoms with van der Waals surface area (Å²) in [5.74, 6) is -0.192. The number of rotatable bonds is 4. The number of hydrogen-bond donors (Lipinski definition) is 1. The van der Waals surface area contributed by atoms with Gasteiger partial charge in [-0.2, -0.15) is 0 Å². The van der Waals surface area contributed by atoms with Crippen LogP contribution in [0.15, 0.2) is 47.4 Å². The number of nitrogens with one attached hydrogen (secondary N) is 1. The Balaban J connectivity index is 1.90. The van der Waals surface area contributed by atoms with Crippen molar-refractivity contribution in [3.05, 3.63) is 59.4 Å².